The largest absolute Gasteiger partial charge is 0.465 e. The number of hydrogen-bond donors (Lipinski definition) is 4. The molecule has 0 bridgehead atoms. The van der Waals surface area contributed by atoms with Gasteiger partial charge in [-0.3, -0.25) is 9.59 Å². The topological polar surface area (TPSA) is 122 Å². The molecule has 0 aliphatic heterocycles. The van der Waals surface area contributed by atoms with Crippen LogP contribution in [0.5, 0.6) is 0 Å². The lowest BCUT2D eigenvalue weighted by atomic mass is 10.0. The predicted octanol–water partition coefficient (Wildman–Crippen LogP) is -0.728. The molecule has 1 unspecified atom stereocenters. The van der Waals surface area contributed by atoms with E-state index in [0.717, 1.165) is 0 Å². The van der Waals surface area contributed by atoms with Crippen molar-refractivity contribution in [3.63, 3.8) is 0 Å². The maximum atomic E-state index is 11.2. The zero-order chi connectivity index (χ0) is 12.6. The van der Waals surface area contributed by atoms with E-state index >= 15 is 0 Å². The van der Waals surface area contributed by atoms with Gasteiger partial charge in [0, 0.05) is 13.0 Å². The van der Waals surface area contributed by atoms with Crippen LogP contribution in [0.25, 0.3) is 0 Å². The number of nitrogens with two attached hydrogens (primary N) is 1. The van der Waals surface area contributed by atoms with Crippen LogP contribution in [-0.4, -0.2) is 36.1 Å². The van der Waals surface area contributed by atoms with Gasteiger partial charge in [0.15, 0.2) is 0 Å². The standard InChI is InChI=1S/C9H17N3O4/c1-6(2-3-11-9(15)16)4-8(14)12-5-7(10)13/h6,11H,2-5H2,1H3,(H2,10,13)(H,12,14)(H,15,16). The monoisotopic (exact) mass is 231 g/mol. The maximum Gasteiger partial charge on any atom is 0.404 e. The molecule has 0 spiro atoms. The molecular weight excluding hydrogens is 214 g/mol. The predicted molar refractivity (Wildman–Crippen MR) is 56.6 cm³/mol. The molecule has 0 aromatic rings. The molecule has 16 heavy (non-hydrogen) atoms. The van der Waals surface area contributed by atoms with Crippen LogP contribution in [0.15, 0.2) is 0 Å². The van der Waals surface area contributed by atoms with Gasteiger partial charge in [-0.25, -0.2) is 4.79 Å². The van der Waals surface area contributed by atoms with Gasteiger partial charge in [-0.2, -0.15) is 0 Å². The van der Waals surface area contributed by atoms with Crippen molar-refractivity contribution >= 4 is 17.9 Å². The highest BCUT2D eigenvalue weighted by Gasteiger charge is 2.09. The highest BCUT2D eigenvalue weighted by Crippen LogP contribution is 2.05. The van der Waals surface area contributed by atoms with Crippen molar-refractivity contribution in [1.82, 2.24) is 10.6 Å². The lowest BCUT2D eigenvalue weighted by Gasteiger charge is -2.10. The molecule has 3 amide bonds. The average Bonchev–Trinajstić information content (AvgIpc) is 2.14. The number of hydrogen-bond acceptors (Lipinski definition) is 3. The van der Waals surface area contributed by atoms with E-state index in [1.807, 2.05) is 6.92 Å². The van der Waals surface area contributed by atoms with Gasteiger partial charge >= 0.3 is 6.09 Å². The molecule has 0 fully saturated rings. The summed E-state index contributed by atoms with van der Waals surface area (Å²) in [7, 11) is 0. The highest BCUT2D eigenvalue weighted by molar-refractivity contribution is 5.83. The molecular formula is C9H17N3O4. The van der Waals surface area contributed by atoms with E-state index in [2.05, 4.69) is 10.6 Å². The summed E-state index contributed by atoms with van der Waals surface area (Å²) in [5.74, 6) is -0.810. The minimum absolute atomic E-state index is 0.0414. The molecule has 0 saturated carbocycles. The molecule has 0 aliphatic rings. The van der Waals surface area contributed by atoms with Gasteiger partial charge in [-0.1, -0.05) is 6.92 Å². The Bertz CT molecular complexity index is 267. The molecule has 92 valence electrons. The second-order valence-corrected chi connectivity index (χ2v) is 3.57. The average molecular weight is 231 g/mol. The number of carboxylic acid groups (broad SMARTS) is 1. The van der Waals surface area contributed by atoms with Crippen molar-refractivity contribution in [3.05, 3.63) is 0 Å². The number of carbonyl (C=O) groups excluding carboxylic acids is 2. The second kappa shape index (κ2) is 7.49. The van der Waals surface area contributed by atoms with Gasteiger partial charge < -0.3 is 21.5 Å². The fourth-order valence-electron chi connectivity index (χ4n) is 1.10. The third kappa shape index (κ3) is 8.79. The zero-order valence-electron chi connectivity index (χ0n) is 9.16. The summed E-state index contributed by atoms with van der Waals surface area (Å²) in [5, 5.41) is 12.9. The molecule has 0 aromatic heterocycles. The Hall–Kier alpha value is -1.79. The van der Waals surface area contributed by atoms with Crippen molar-refractivity contribution in [2.24, 2.45) is 11.7 Å². The fourth-order valence-corrected chi connectivity index (χ4v) is 1.10. The Balaban J connectivity index is 3.61. The molecule has 0 aliphatic carbocycles. The van der Waals surface area contributed by atoms with E-state index < -0.39 is 12.0 Å². The first kappa shape index (κ1) is 14.2. The zero-order valence-corrected chi connectivity index (χ0v) is 9.16. The highest BCUT2D eigenvalue weighted by atomic mass is 16.4. The summed E-state index contributed by atoms with van der Waals surface area (Å²) in [6.07, 6.45) is -0.268. The molecule has 7 heteroatoms. The van der Waals surface area contributed by atoms with Crippen molar-refractivity contribution < 1.29 is 19.5 Å². The number of primary amides is 1. The first-order chi connectivity index (χ1) is 7.41. The SMILES string of the molecule is CC(CCNC(=O)O)CC(=O)NCC(N)=O. The molecule has 5 N–H and O–H groups in total. The number of amides is 3. The van der Waals surface area contributed by atoms with Crippen LogP contribution in [0.4, 0.5) is 4.79 Å². The van der Waals surface area contributed by atoms with Crippen LogP contribution in [0.2, 0.25) is 0 Å². The van der Waals surface area contributed by atoms with Crippen LogP contribution in [-0.2, 0) is 9.59 Å². The number of nitrogens with one attached hydrogen (secondary N) is 2. The third-order valence-electron chi connectivity index (χ3n) is 1.91. The second-order valence-electron chi connectivity index (χ2n) is 3.57. The molecule has 1 atom stereocenters. The smallest absolute Gasteiger partial charge is 0.404 e. The van der Waals surface area contributed by atoms with Crippen molar-refractivity contribution in [1.29, 1.82) is 0 Å². The van der Waals surface area contributed by atoms with Gasteiger partial charge in [-0.15, -0.1) is 0 Å². The molecule has 0 rings (SSSR count). The fraction of sp³-hybridized carbons (Fsp3) is 0.667. The van der Waals surface area contributed by atoms with Gasteiger partial charge in [0.25, 0.3) is 0 Å². The van der Waals surface area contributed by atoms with Crippen molar-refractivity contribution in [3.8, 4) is 0 Å². The maximum absolute atomic E-state index is 11.2. The first-order valence-corrected chi connectivity index (χ1v) is 4.93. The Morgan fingerprint density at radius 2 is 1.94 bits per heavy atom. The van der Waals surface area contributed by atoms with E-state index in [1.165, 1.54) is 0 Å². The van der Waals surface area contributed by atoms with Crippen molar-refractivity contribution in [2.75, 3.05) is 13.1 Å². The summed E-state index contributed by atoms with van der Waals surface area (Å²) in [5.41, 5.74) is 4.86. The molecule has 0 heterocycles. The minimum Gasteiger partial charge on any atom is -0.465 e. The Morgan fingerprint density at radius 3 is 2.44 bits per heavy atom. The van der Waals surface area contributed by atoms with Gasteiger partial charge in [-0.05, 0) is 12.3 Å². The van der Waals surface area contributed by atoms with Crippen LogP contribution < -0.4 is 16.4 Å². The van der Waals surface area contributed by atoms with E-state index in [9.17, 15) is 14.4 Å². The molecule has 7 nitrogen and oxygen atoms in total. The van der Waals surface area contributed by atoms with Gasteiger partial charge in [0.1, 0.15) is 0 Å². The minimum atomic E-state index is -1.08. The normalized spacial score (nSPS) is 11.6. The Morgan fingerprint density at radius 1 is 1.31 bits per heavy atom. The summed E-state index contributed by atoms with van der Waals surface area (Å²) in [6.45, 7) is 1.96. The van der Waals surface area contributed by atoms with E-state index in [1.54, 1.807) is 0 Å². The summed E-state index contributed by atoms with van der Waals surface area (Å²) in [6, 6.07) is 0. The summed E-state index contributed by atoms with van der Waals surface area (Å²) >= 11 is 0. The van der Waals surface area contributed by atoms with Crippen LogP contribution in [0.3, 0.4) is 0 Å². The number of rotatable bonds is 7. The van der Waals surface area contributed by atoms with E-state index in [-0.39, 0.29) is 24.8 Å². The van der Waals surface area contributed by atoms with Gasteiger partial charge in [0.2, 0.25) is 11.8 Å². The Labute approximate surface area is 93.4 Å². The van der Waals surface area contributed by atoms with Crippen LogP contribution >= 0.6 is 0 Å². The molecule has 0 radical (unpaired) electrons. The van der Waals surface area contributed by atoms with Crippen LogP contribution in [0.1, 0.15) is 19.8 Å². The van der Waals surface area contributed by atoms with Crippen LogP contribution in [0, 0.1) is 5.92 Å². The molecule has 0 saturated heterocycles. The Kier molecular flexibility index (Phi) is 6.66. The summed E-state index contributed by atoms with van der Waals surface area (Å²) in [4.78, 5) is 31.7. The third-order valence-corrected chi connectivity index (χ3v) is 1.91. The number of carbonyl (C=O) groups is 3. The van der Waals surface area contributed by atoms with E-state index in [0.29, 0.717) is 13.0 Å². The lowest BCUT2D eigenvalue weighted by molar-refractivity contribution is -0.125. The quantitative estimate of drug-likeness (QED) is 0.461. The van der Waals surface area contributed by atoms with Crippen molar-refractivity contribution in [2.45, 2.75) is 19.8 Å². The lowest BCUT2D eigenvalue weighted by Crippen LogP contribution is -2.34. The molecule has 0 aromatic carbocycles. The van der Waals surface area contributed by atoms with Gasteiger partial charge in [0.05, 0.1) is 6.54 Å². The summed E-state index contributed by atoms with van der Waals surface area (Å²) < 4.78 is 0. The van der Waals surface area contributed by atoms with E-state index in [4.69, 9.17) is 10.8 Å². The first-order valence-electron chi connectivity index (χ1n) is 4.93.